The number of alkyl halides is 3. The van der Waals surface area contributed by atoms with Crippen LogP contribution in [0.5, 0.6) is 5.75 Å². The van der Waals surface area contributed by atoms with Crippen LogP contribution >= 0.6 is 0 Å². The molecule has 0 radical (unpaired) electrons. The second-order valence-corrected chi connectivity index (χ2v) is 8.57. The van der Waals surface area contributed by atoms with E-state index in [0.29, 0.717) is 45.7 Å². The maximum absolute atomic E-state index is 13.5. The van der Waals surface area contributed by atoms with Gasteiger partial charge in [0, 0.05) is 30.1 Å². The fourth-order valence-electron chi connectivity index (χ4n) is 4.66. The van der Waals surface area contributed by atoms with Crippen molar-refractivity contribution >= 4 is 16.9 Å². The highest BCUT2D eigenvalue weighted by Gasteiger charge is 2.31. The zero-order valence-corrected chi connectivity index (χ0v) is 19.3. The van der Waals surface area contributed by atoms with Crippen molar-refractivity contribution in [3.63, 3.8) is 0 Å². The molecule has 1 atom stereocenters. The number of ether oxygens (including phenoxy) is 1. The largest absolute Gasteiger partial charge is 0.489 e. The van der Waals surface area contributed by atoms with E-state index in [2.05, 4.69) is 21.5 Å². The summed E-state index contributed by atoms with van der Waals surface area (Å²) in [5.41, 5.74) is 2.62. The van der Waals surface area contributed by atoms with E-state index in [-0.39, 0.29) is 18.6 Å². The Hall–Kier alpha value is -4.14. The molecule has 1 saturated heterocycles. The van der Waals surface area contributed by atoms with Crippen molar-refractivity contribution in [3.05, 3.63) is 79.3 Å². The topological polar surface area (TPSA) is 71.1 Å². The second kappa shape index (κ2) is 9.49. The Morgan fingerprint density at radius 3 is 2.89 bits per heavy atom. The molecule has 1 aliphatic rings. The first kappa shape index (κ1) is 23.6. The number of halogens is 3. The summed E-state index contributed by atoms with van der Waals surface area (Å²) in [6.07, 6.45) is 3.27. The van der Waals surface area contributed by atoms with E-state index in [1.165, 1.54) is 12.1 Å². The van der Waals surface area contributed by atoms with Gasteiger partial charge < -0.3 is 14.6 Å². The average Bonchev–Trinajstić information content (AvgIpc) is 3.51. The summed E-state index contributed by atoms with van der Waals surface area (Å²) in [4.78, 5) is 25.9. The zero-order valence-electron chi connectivity index (χ0n) is 19.3. The molecule has 184 valence electrons. The third-order valence-corrected chi connectivity index (χ3v) is 6.35. The minimum atomic E-state index is -4.48. The molecular formula is C27H23F3N4O2. The second-order valence-electron chi connectivity index (χ2n) is 8.57. The molecule has 0 bridgehead atoms. The predicted octanol–water partition coefficient (Wildman–Crippen LogP) is 5.87. The molecular weight excluding hydrogens is 469 g/mol. The number of H-pyrrole nitrogens is 1. The SMILES string of the molecule is C=CC(=O)N1CCC[C@H]1COc1cnccc1-c1[nH]c2cccnc2c1-c1cccc(C(F)(F)F)c1. The number of nitrogens with zero attached hydrogens (tertiary/aromatic N) is 3. The summed E-state index contributed by atoms with van der Waals surface area (Å²) >= 11 is 0. The van der Waals surface area contributed by atoms with Crippen molar-refractivity contribution in [1.29, 1.82) is 0 Å². The van der Waals surface area contributed by atoms with Crippen LogP contribution in [0.25, 0.3) is 33.4 Å². The van der Waals surface area contributed by atoms with Crippen LogP contribution in [-0.2, 0) is 11.0 Å². The molecule has 5 rings (SSSR count). The summed E-state index contributed by atoms with van der Waals surface area (Å²) in [6, 6.07) is 10.4. The maximum Gasteiger partial charge on any atom is 0.416 e. The van der Waals surface area contributed by atoms with Gasteiger partial charge in [0.2, 0.25) is 5.91 Å². The van der Waals surface area contributed by atoms with Crippen molar-refractivity contribution in [1.82, 2.24) is 19.9 Å². The van der Waals surface area contributed by atoms with Gasteiger partial charge in [-0.3, -0.25) is 14.8 Å². The monoisotopic (exact) mass is 492 g/mol. The maximum atomic E-state index is 13.5. The number of pyridine rings is 2. The number of carbonyl (C=O) groups excluding carboxylic acids is 1. The van der Waals surface area contributed by atoms with Crippen LogP contribution < -0.4 is 4.74 Å². The highest BCUT2D eigenvalue weighted by molar-refractivity contribution is 6.02. The van der Waals surface area contributed by atoms with E-state index in [0.717, 1.165) is 25.0 Å². The number of hydrogen-bond donors (Lipinski definition) is 1. The summed E-state index contributed by atoms with van der Waals surface area (Å²) in [5, 5.41) is 0. The van der Waals surface area contributed by atoms with Crippen LogP contribution in [0.4, 0.5) is 13.2 Å². The third-order valence-electron chi connectivity index (χ3n) is 6.35. The number of benzene rings is 1. The molecule has 1 aliphatic heterocycles. The van der Waals surface area contributed by atoms with Crippen LogP contribution in [-0.4, -0.2) is 45.0 Å². The van der Waals surface area contributed by atoms with E-state index < -0.39 is 11.7 Å². The number of aromatic amines is 1. The van der Waals surface area contributed by atoms with Gasteiger partial charge in [0.05, 0.1) is 34.5 Å². The Balaban J connectivity index is 1.57. The Morgan fingerprint density at radius 2 is 2.08 bits per heavy atom. The van der Waals surface area contributed by atoms with E-state index in [1.807, 2.05) is 6.07 Å². The van der Waals surface area contributed by atoms with Gasteiger partial charge in [-0.05, 0) is 54.8 Å². The molecule has 4 aromatic rings. The lowest BCUT2D eigenvalue weighted by Crippen LogP contribution is -2.38. The first-order chi connectivity index (χ1) is 17.4. The zero-order chi connectivity index (χ0) is 25.3. The quantitative estimate of drug-likeness (QED) is 0.342. The lowest BCUT2D eigenvalue weighted by molar-refractivity contribution is -0.137. The molecule has 0 aliphatic carbocycles. The molecule has 36 heavy (non-hydrogen) atoms. The van der Waals surface area contributed by atoms with E-state index in [9.17, 15) is 18.0 Å². The van der Waals surface area contributed by atoms with Crippen LogP contribution in [0.1, 0.15) is 18.4 Å². The number of rotatable bonds is 6. The van der Waals surface area contributed by atoms with E-state index in [4.69, 9.17) is 4.74 Å². The number of carbonyl (C=O) groups is 1. The fraction of sp³-hybridized carbons (Fsp3) is 0.222. The van der Waals surface area contributed by atoms with Gasteiger partial charge in [-0.15, -0.1) is 0 Å². The molecule has 1 aromatic carbocycles. The van der Waals surface area contributed by atoms with Crippen molar-refractivity contribution in [3.8, 4) is 28.1 Å². The van der Waals surface area contributed by atoms with Crippen molar-refractivity contribution in [2.75, 3.05) is 13.2 Å². The van der Waals surface area contributed by atoms with Gasteiger partial charge in [-0.2, -0.15) is 13.2 Å². The third kappa shape index (κ3) is 4.44. The number of fused-ring (bicyclic) bond motifs is 1. The van der Waals surface area contributed by atoms with Gasteiger partial charge in [0.25, 0.3) is 0 Å². The Morgan fingerprint density at radius 1 is 1.22 bits per heavy atom. The normalized spacial score (nSPS) is 15.9. The molecule has 0 unspecified atom stereocenters. The molecule has 0 spiro atoms. The van der Waals surface area contributed by atoms with E-state index >= 15 is 0 Å². The molecule has 1 fully saturated rings. The lowest BCUT2D eigenvalue weighted by Gasteiger charge is -2.24. The van der Waals surface area contributed by atoms with Gasteiger partial charge in [0.15, 0.2) is 0 Å². The van der Waals surface area contributed by atoms with Crippen LogP contribution in [0.3, 0.4) is 0 Å². The summed E-state index contributed by atoms with van der Waals surface area (Å²) in [7, 11) is 0. The van der Waals surface area contributed by atoms with Gasteiger partial charge in [-0.1, -0.05) is 18.7 Å². The smallest absolute Gasteiger partial charge is 0.416 e. The summed E-state index contributed by atoms with van der Waals surface area (Å²) in [5.74, 6) is 0.316. The molecule has 6 nitrogen and oxygen atoms in total. The minimum Gasteiger partial charge on any atom is -0.489 e. The average molecular weight is 493 g/mol. The van der Waals surface area contributed by atoms with Gasteiger partial charge in [0.1, 0.15) is 12.4 Å². The molecule has 1 N–H and O–H groups in total. The highest BCUT2D eigenvalue weighted by Crippen LogP contribution is 2.42. The Kier molecular flexibility index (Phi) is 6.22. The number of aromatic nitrogens is 3. The predicted molar refractivity (Wildman–Crippen MR) is 130 cm³/mol. The van der Waals surface area contributed by atoms with Crippen LogP contribution in [0.15, 0.2) is 73.7 Å². The van der Waals surface area contributed by atoms with Crippen molar-refractivity contribution < 1.29 is 22.7 Å². The number of hydrogen-bond acceptors (Lipinski definition) is 4. The molecule has 0 saturated carbocycles. The first-order valence-corrected chi connectivity index (χ1v) is 11.5. The summed E-state index contributed by atoms with van der Waals surface area (Å²) < 4.78 is 46.6. The number of likely N-dealkylation sites (tertiary alicyclic amines) is 1. The molecule has 1 amide bonds. The standard InChI is InChI=1S/C27H23F3N4O2/c1-2-23(35)34-13-5-8-19(34)16-36-22-15-31-12-10-20(22)25-24(26-21(33-25)9-4-11-32-26)17-6-3-7-18(14-17)27(28,29)30/h2-4,6-7,9-12,14-15,19,33H,1,5,8,13,16H2/t19-/m0/s1. The first-order valence-electron chi connectivity index (χ1n) is 11.5. The lowest BCUT2D eigenvalue weighted by atomic mass is 9.98. The van der Waals surface area contributed by atoms with Crippen LogP contribution in [0, 0.1) is 0 Å². The number of nitrogens with one attached hydrogen (secondary N) is 1. The number of amides is 1. The van der Waals surface area contributed by atoms with Crippen LogP contribution in [0.2, 0.25) is 0 Å². The Bertz CT molecular complexity index is 1430. The van der Waals surface area contributed by atoms with Gasteiger partial charge >= 0.3 is 6.18 Å². The minimum absolute atomic E-state index is 0.101. The molecule has 9 heteroatoms. The Labute approximate surface area is 205 Å². The summed E-state index contributed by atoms with van der Waals surface area (Å²) in [6.45, 7) is 4.47. The molecule has 4 heterocycles. The highest BCUT2D eigenvalue weighted by atomic mass is 19.4. The van der Waals surface area contributed by atoms with Crippen molar-refractivity contribution in [2.45, 2.75) is 25.1 Å². The fourth-order valence-corrected chi connectivity index (χ4v) is 4.66. The molecule has 3 aromatic heterocycles. The van der Waals surface area contributed by atoms with Gasteiger partial charge in [-0.25, -0.2) is 0 Å². The van der Waals surface area contributed by atoms with E-state index in [1.54, 1.807) is 41.7 Å². The van der Waals surface area contributed by atoms with Crippen molar-refractivity contribution in [2.24, 2.45) is 0 Å².